The maximum absolute atomic E-state index is 12.9. The first-order chi connectivity index (χ1) is 12.1. The molecule has 0 amide bonds. The molecule has 0 fully saturated rings. The molecular formula is C18H20FN3O2S. The second-order valence-corrected chi connectivity index (χ2v) is 5.41. The van der Waals surface area contributed by atoms with Crippen LogP contribution in [0.15, 0.2) is 47.6 Å². The molecule has 0 radical (unpaired) electrons. The summed E-state index contributed by atoms with van der Waals surface area (Å²) in [5.41, 5.74) is 4.40. The van der Waals surface area contributed by atoms with Crippen molar-refractivity contribution in [3.8, 4) is 11.5 Å². The van der Waals surface area contributed by atoms with Crippen LogP contribution in [0.3, 0.4) is 0 Å². The minimum Gasteiger partial charge on any atom is -0.490 e. The quantitative estimate of drug-likeness (QED) is 0.450. The molecule has 7 heteroatoms. The Morgan fingerprint density at radius 1 is 1.16 bits per heavy atom. The smallest absolute Gasteiger partial charge is 0.186 e. The molecule has 2 rings (SSSR count). The van der Waals surface area contributed by atoms with Crippen LogP contribution in [0.1, 0.15) is 18.1 Å². The fourth-order valence-electron chi connectivity index (χ4n) is 1.96. The van der Waals surface area contributed by atoms with E-state index in [1.807, 2.05) is 25.1 Å². The molecule has 0 spiro atoms. The highest BCUT2D eigenvalue weighted by molar-refractivity contribution is 7.80. The zero-order valence-electron chi connectivity index (χ0n) is 14.1. The Labute approximate surface area is 151 Å². The van der Waals surface area contributed by atoms with Gasteiger partial charge in [-0.05, 0) is 60.6 Å². The minimum atomic E-state index is -0.270. The van der Waals surface area contributed by atoms with Gasteiger partial charge in [-0.3, -0.25) is 5.43 Å². The van der Waals surface area contributed by atoms with Crippen LogP contribution in [0.2, 0.25) is 0 Å². The van der Waals surface area contributed by atoms with E-state index >= 15 is 0 Å². The molecule has 25 heavy (non-hydrogen) atoms. The topological polar surface area (TPSA) is 54.9 Å². The average molecular weight is 361 g/mol. The summed E-state index contributed by atoms with van der Waals surface area (Å²) < 4.78 is 24.4. The third kappa shape index (κ3) is 6.04. The summed E-state index contributed by atoms with van der Waals surface area (Å²) in [5.74, 6) is 0.959. The first-order valence-corrected chi connectivity index (χ1v) is 8.18. The lowest BCUT2D eigenvalue weighted by molar-refractivity contribution is 0.269. The van der Waals surface area contributed by atoms with E-state index in [0.29, 0.717) is 29.8 Å². The fraction of sp³-hybridized carbons (Fsp3) is 0.222. The van der Waals surface area contributed by atoms with Gasteiger partial charge < -0.3 is 14.8 Å². The van der Waals surface area contributed by atoms with Crippen LogP contribution in [-0.2, 0) is 6.61 Å². The molecule has 0 bridgehead atoms. The number of nitrogens with zero attached hydrogens (tertiary/aromatic N) is 1. The van der Waals surface area contributed by atoms with Gasteiger partial charge in [-0.15, -0.1) is 0 Å². The van der Waals surface area contributed by atoms with Crippen LogP contribution in [0.5, 0.6) is 11.5 Å². The molecule has 132 valence electrons. The SMILES string of the molecule is CCOc1cc(C=NNC(=S)NC)ccc1OCc1ccc(F)cc1. The van der Waals surface area contributed by atoms with Crippen molar-refractivity contribution in [2.45, 2.75) is 13.5 Å². The number of rotatable bonds is 7. The standard InChI is InChI=1S/C18H20FN3O2S/c1-3-23-17-10-14(11-21-22-18(25)20-2)6-9-16(17)24-12-13-4-7-15(19)8-5-13/h4-11H,3,12H2,1-2H3,(H2,20,22,25). The van der Waals surface area contributed by atoms with Crippen molar-refractivity contribution < 1.29 is 13.9 Å². The number of ether oxygens (including phenoxy) is 2. The van der Waals surface area contributed by atoms with Crippen LogP contribution in [0.25, 0.3) is 0 Å². The molecule has 0 saturated heterocycles. The van der Waals surface area contributed by atoms with E-state index in [1.165, 1.54) is 12.1 Å². The maximum Gasteiger partial charge on any atom is 0.186 e. The monoisotopic (exact) mass is 361 g/mol. The molecule has 2 aromatic rings. The number of nitrogens with one attached hydrogen (secondary N) is 2. The van der Waals surface area contributed by atoms with Gasteiger partial charge in [0.05, 0.1) is 12.8 Å². The summed E-state index contributed by atoms with van der Waals surface area (Å²) in [6, 6.07) is 11.7. The molecule has 0 aliphatic carbocycles. The van der Waals surface area contributed by atoms with Crippen LogP contribution < -0.4 is 20.2 Å². The number of hydrogen-bond acceptors (Lipinski definition) is 4. The van der Waals surface area contributed by atoms with Crippen LogP contribution in [-0.4, -0.2) is 25.0 Å². The van der Waals surface area contributed by atoms with Gasteiger partial charge in [-0.2, -0.15) is 5.10 Å². The van der Waals surface area contributed by atoms with Crippen molar-refractivity contribution in [1.82, 2.24) is 10.7 Å². The lowest BCUT2D eigenvalue weighted by Gasteiger charge is -2.12. The second kappa shape index (κ2) is 9.58. The summed E-state index contributed by atoms with van der Waals surface area (Å²) in [7, 11) is 1.71. The predicted molar refractivity (Wildman–Crippen MR) is 101 cm³/mol. The molecule has 0 unspecified atom stereocenters. The molecule has 0 aromatic heterocycles. The van der Waals surface area contributed by atoms with E-state index in [-0.39, 0.29) is 5.82 Å². The predicted octanol–water partition coefficient (Wildman–Crippen LogP) is 3.23. The zero-order valence-corrected chi connectivity index (χ0v) is 14.9. The van der Waals surface area contributed by atoms with E-state index in [0.717, 1.165) is 11.1 Å². The Balaban J connectivity index is 2.06. The Hall–Kier alpha value is -2.67. The summed E-state index contributed by atoms with van der Waals surface area (Å²) in [6.07, 6.45) is 1.63. The second-order valence-electron chi connectivity index (χ2n) is 5.00. The summed E-state index contributed by atoms with van der Waals surface area (Å²) in [4.78, 5) is 0. The summed E-state index contributed by atoms with van der Waals surface area (Å²) in [6.45, 7) is 2.73. The van der Waals surface area contributed by atoms with E-state index in [9.17, 15) is 4.39 Å². The van der Waals surface area contributed by atoms with Gasteiger partial charge in [0.15, 0.2) is 16.6 Å². The Morgan fingerprint density at radius 2 is 1.92 bits per heavy atom. The highest BCUT2D eigenvalue weighted by Crippen LogP contribution is 2.28. The van der Waals surface area contributed by atoms with Gasteiger partial charge in [0.2, 0.25) is 0 Å². The van der Waals surface area contributed by atoms with Crippen molar-refractivity contribution in [3.05, 3.63) is 59.4 Å². The normalized spacial score (nSPS) is 10.5. The van der Waals surface area contributed by atoms with Crippen molar-refractivity contribution in [3.63, 3.8) is 0 Å². The first kappa shape index (κ1) is 18.7. The maximum atomic E-state index is 12.9. The number of halogens is 1. The van der Waals surface area contributed by atoms with Gasteiger partial charge in [-0.25, -0.2) is 4.39 Å². The molecule has 0 heterocycles. The lowest BCUT2D eigenvalue weighted by Crippen LogP contribution is -2.28. The third-order valence-corrected chi connectivity index (χ3v) is 3.48. The molecule has 0 atom stereocenters. The van der Waals surface area contributed by atoms with E-state index in [4.69, 9.17) is 21.7 Å². The molecule has 2 N–H and O–H groups in total. The molecule has 0 aliphatic heterocycles. The molecular weight excluding hydrogens is 341 g/mol. The molecule has 0 saturated carbocycles. The van der Waals surface area contributed by atoms with Crippen LogP contribution >= 0.6 is 12.2 Å². The molecule has 0 aliphatic rings. The molecule has 2 aromatic carbocycles. The lowest BCUT2D eigenvalue weighted by atomic mass is 10.2. The highest BCUT2D eigenvalue weighted by atomic mass is 32.1. The Kier molecular flexibility index (Phi) is 7.16. The summed E-state index contributed by atoms with van der Waals surface area (Å²) in [5, 5.41) is 7.23. The number of benzene rings is 2. The summed E-state index contributed by atoms with van der Waals surface area (Å²) >= 11 is 4.94. The number of hydrazone groups is 1. The van der Waals surface area contributed by atoms with Gasteiger partial charge in [0, 0.05) is 7.05 Å². The van der Waals surface area contributed by atoms with E-state index in [2.05, 4.69) is 15.8 Å². The minimum absolute atomic E-state index is 0.270. The van der Waals surface area contributed by atoms with Gasteiger partial charge in [-0.1, -0.05) is 12.1 Å². The van der Waals surface area contributed by atoms with Crippen molar-refractivity contribution in [1.29, 1.82) is 0 Å². The van der Waals surface area contributed by atoms with Crippen molar-refractivity contribution in [2.75, 3.05) is 13.7 Å². The number of hydrogen-bond donors (Lipinski definition) is 2. The van der Waals surface area contributed by atoms with Gasteiger partial charge in [0.1, 0.15) is 12.4 Å². The third-order valence-electron chi connectivity index (χ3n) is 3.18. The Bertz CT molecular complexity index is 736. The van der Waals surface area contributed by atoms with Gasteiger partial charge >= 0.3 is 0 Å². The van der Waals surface area contributed by atoms with Crippen molar-refractivity contribution >= 4 is 23.5 Å². The first-order valence-electron chi connectivity index (χ1n) is 7.77. The number of thiocarbonyl (C=S) groups is 1. The molecule has 5 nitrogen and oxygen atoms in total. The van der Waals surface area contributed by atoms with Crippen LogP contribution in [0.4, 0.5) is 4.39 Å². The highest BCUT2D eigenvalue weighted by Gasteiger charge is 2.06. The van der Waals surface area contributed by atoms with E-state index < -0.39 is 0 Å². The van der Waals surface area contributed by atoms with Crippen molar-refractivity contribution in [2.24, 2.45) is 5.10 Å². The Morgan fingerprint density at radius 3 is 2.60 bits per heavy atom. The fourth-order valence-corrected chi connectivity index (χ4v) is 2.01. The largest absolute Gasteiger partial charge is 0.490 e. The zero-order chi connectivity index (χ0) is 18.1. The van der Waals surface area contributed by atoms with Gasteiger partial charge in [0.25, 0.3) is 0 Å². The van der Waals surface area contributed by atoms with E-state index in [1.54, 1.807) is 25.4 Å². The van der Waals surface area contributed by atoms with Crippen LogP contribution in [0, 0.1) is 5.82 Å². The average Bonchev–Trinajstić information content (AvgIpc) is 2.62.